The van der Waals surface area contributed by atoms with Crippen LogP contribution in [0.5, 0.6) is 0 Å². The molecule has 0 saturated carbocycles. The van der Waals surface area contributed by atoms with Crippen LogP contribution in [-0.2, 0) is 0 Å². The summed E-state index contributed by atoms with van der Waals surface area (Å²) in [5.74, 6) is -0.0916. The highest BCUT2D eigenvalue weighted by molar-refractivity contribution is 5.50. The van der Waals surface area contributed by atoms with E-state index in [0.717, 1.165) is 31.9 Å². The Balaban J connectivity index is 2.19. The van der Waals surface area contributed by atoms with Crippen LogP contribution in [0, 0.1) is 10.1 Å². The third-order valence-electron chi connectivity index (χ3n) is 2.40. The summed E-state index contributed by atoms with van der Waals surface area (Å²) in [5, 5.41) is 13.8. The van der Waals surface area contributed by atoms with Gasteiger partial charge in [0.05, 0.1) is 6.07 Å². The normalized spacial score (nSPS) is 16.4. The van der Waals surface area contributed by atoms with E-state index >= 15 is 0 Å². The Kier molecular flexibility index (Phi) is 2.77. The van der Waals surface area contributed by atoms with E-state index in [4.69, 9.17) is 0 Å². The van der Waals surface area contributed by atoms with Gasteiger partial charge in [0.25, 0.3) is 0 Å². The topological polar surface area (TPSA) is 71.3 Å². The molecule has 1 aromatic rings. The Morgan fingerprint density at radius 3 is 2.87 bits per heavy atom. The Hall–Kier alpha value is -1.69. The van der Waals surface area contributed by atoms with Gasteiger partial charge >= 0.3 is 5.82 Å². The number of nitro groups is 1. The van der Waals surface area contributed by atoms with Gasteiger partial charge in [0.15, 0.2) is 0 Å². The van der Waals surface area contributed by atoms with Crippen LogP contribution < -0.4 is 10.2 Å². The van der Waals surface area contributed by atoms with E-state index < -0.39 is 4.92 Å². The van der Waals surface area contributed by atoms with Gasteiger partial charge in [-0.15, -0.1) is 0 Å². The molecule has 80 valence electrons. The summed E-state index contributed by atoms with van der Waals surface area (Å²) < 4.78 is 0. The van der Waals surface area contributed by atoms with Crippen molar-refractivity contribution in [3.05, 3.63) is 28.4 Å². The molecule has 0 radical (unpaired) electrons. The van der Waals surface area contributed by atoms with Gasteiger partial charge in [-0.2, -0.15) is 0 Å². The lowest BCUT2D eigenvalue weighted by Crippen LogP contribution is -2.43. The lowest BCUT2D eigenvalue weighted by molar-refractivity contribution is -0.389. The number of aromatic nitrogens is 1. The molecule has 0 spiro atoms. The van der Waals surface area contributed by atoms with Crippen LogP contribution in [0.4, 0.5) is 11.5 Å². The van der Waals surface area contributed by atoms with Crippen molar-refractivity contribution in [3.8, 4) is 0 Å². The Morgan fingerprint density at radius 1 is 1.47 bits per heavy atom. The predicted molar refractivity (Wildman–Crippen MR) is 56.0 cm³/mol. The second-order valence-corrected chi connectivity index (χ2v) is 3.37. The molecule has 0 amide bonds. The smallest absolute Gasteiger partial charge is 0.365 e. The van der Waals surface area contributed by atoms with E-state index in [1.54, 1.807) is 6.07 Å². The van der Waals surface area contributed by atoms with E-state index in [9.17, 15) is 10.1 Å². The van der Waals surface area contributed by atoms with Gasteiger partial charge in [-0.05, 0) is 9.91 Å². The highest BCUT2D eigenvalue weighted by Gasteiger charge is 2.14. The fourth-order valence-corrected chi connectivity index (χ4v) is 1.63. The van der Waals surface area contributed by atoms with Gasteiger partial charge in [-0.3, -0.25) is 0 Å². The molecular formula is C9H12N4O2. The molecule has 1 saturated heterocycles. The minimum Gasteiger partial charge on any atom is -0.369 e. The fourth-order valence-electron chi connectivity index (χ4n) is 1.63. The monoisotopic (exact) mass is 208 g/mol. The average Bonchev–Trinajstić information content (AvgIpc) is 2.30. The maximum atomic E-state index is 10.5. The fraction of sp³-hybridized carbons (Fsp3) is 0.444. The van der Waals surface area contributed by atoms with Crippen molar-refractivity contribution in [2.24, 2.45) is 0 Å². The molecule has 6 nitrogen and oxygen atoms in total. The second kappa shape index (κ2) is 4.22. The summed E-state index contributed by atoms with van der Waals surface area (Å²) >= 11 is 0. The highest BCUT2D eigenvalue weighted by atomic mass is 16.6. The first-order valence-electron chi connectivity index (χ1n) is 4.83. The van der Waals surface area contributed by atoms with Gasteiger partial charge in [0, 0.05) is 37.9 Å². The molecule has 15 heavy (non-hydrogen) atoms. The Morgan fingerprint density at radius 2 is 2.20 bits per heavy atom. The lowest BCUT2D eigenvalue weighted by Gasteiger charge is -2.28. The van der Waals surface area contributed by atoms with E-state index in [1.165, 1.54) is 12.3 Å². The Bertz CT molecular complexity index is 363. The van der Waals surface area contributed by atoms with Gasteiger partial charge in [-0.1, -0.05) is 0 Å². The molecule has 6 heteroatoms. The number of nitrogens with one attached hydrogen (secondary N) is 1. The summed E-state index contributed by atoms with van der Waals surface area (Å²) in [5.41, 5.74) is 0.873. The van der Waals surface area contributed by atoms with Crippen LogP contribution in [0.15, 0.2) is 18.3 Å². The number of rotatable bonds is 2. The zero-order valence-corrected chi connectivity index (χ0v) is 8.22. The SMILES string of the molecule is O=[N+]([O-])c1cc(N2CCNCC2)ccn1. The number of anilines is 1. The molecule has 0 aliphatic carbocycles. The number of hydrogen-bond acceptors (Lipinski definition) is 5. The van der Waals surface area contributed by atoms with Gasteiger partial charge in [0.2, 0.25) is 0 Å². The minimum absolute atomic E-state index is 0.0916. The molecule has 0 unspecified atom stereocenters. The first-order valence-corrected chi connectivity index (χ1v) is 4.83. The van der Waals surface area contributed by atoms with Crippen molar-refractivity contribution < 1.29 is 4.92 Å². The molecule has 1 N–H and O–H groups in total. The van der Waals surface area contributed by atoms with E-state index in [2.05, 4.69) is 15.2 Å². The van der Waals surface area contributed by atoms with Crippen LogP contribution >= 0.6 is 0 Å². The molecule has 1 aliphatic heterocycles. The van der Waals surface area contributed by atoms with E-state index in [1.807, 2.05) is 0 Å². The number of nitrogens with zero attached hydrogens (tertiary/aromatic N) is 3. The first-order chi connectivity index (χ1) is 7.27. The standard InChI is InChI=1S/C9H12N4O2/c14-13(15)9-7-8(1-2-11-9)12-5-3-10-4-6-12/h1-2,7,10H,3-6H2. The largest absolute Gasteiger partial charge is 0.369 e. The molecule has 0 bridgehead atoms. The van der Waals surface area contributed by atoms with Crippen LogP contribution in [0.2, 0.25) is 0 Å². The molecule has 0 atom stereocenters. The van der Waals surface area contributed by atoms with Crippen molar-refractivity contribution in [1.82, 2.24) is 10.3 Å². The van der Waals surface area contributed by atoms with Crippen molar-refractivity contribution in [2.75, 3.05) is 31.1 Å². The van der Waals surface area contributed by atoms with Crippen molar-refractivity contribution in [1.29, 1.82) is 0 Å². The highest BCUT2D eigenvalue weighted by Crippen LogP contribution is 2.18. The number of hydrogen-bond donors (Lipinski definition) is 1. The van der Waals surface area contributed by atoms with E-state index in [-0.39, 0.29) is 5.82 Å². The van der Waals surface area contributed by atoms with Crippen molar-refractivity contribution in [3.63, 3.8) is 0 Å². The number of piperazine rings is 1. The van der Waals surface area contributed by atoms with Crippen LogP contribution in [0.3, 0.4) is 0 Å². The van der Waals surface area contributed by atoms with Crippen LogP contribution in [0.1, 0.15) is 0 Å². The first kappa shape index (κ1) is 9.85. The molecular weight excluding hydrogens is 196 g/mol. The molecule has 2 rings (SSSR count). The van der Waals surface area contributed by atoms with E-state index in [0.29, 0.717) is 0 Å². The second-order valence-electron chi connectivity index (χ2n) is 3.37. The van der Waals surface area contributed by atoms with Crippen molar-refractivity contribution in [2.45, 2.75) is 0 Å². The lowest BCUT2D eigenvalue weighted by atomic mass is 10.3. The maximum absolute atomic E-state index is 10.5. The average molecular weight is 208 g/mol. The van der Waals surface area contributed by atoms with Crippen LogP contribution in [0.25, 0.3) is 0 Å². The van der Waals surface area contributed by atoms with Gasteiger partial charge in [-0.25, -0.2) is 0 Å². The van der Waals surface area contributed by atoms with Gasteiger partial charge < -0.3 is 20.3 Å². The summed E-state index contributed by atoms with van der Waals surface area (Å²) in [6, 6.07) is 3.32. The molecule has 1 aliphatic rings. The summed E-state index contributed by atoms with van der Waals surface area (Å²) in [7, 11) is 0. The van der Waals surface area contributed by atoms with Crippen molar-refractivity contribution >= 4 is 11.5 Å². The predicted octanol–water partition coefficient (Wildman–Crippen LogP) is 0.399. The molecule has 0 aromatic carbocycles. The Labute approximate surface area is 87.1 Å². The zero-order valence-electron chi connectivity index (χ0n) is 8.22. The molecule has 2 heterocycles. The van der Waals surface area contributed by atoms with Gasteiger partial charge in [0.1, 0.15) is 6.20 Å². The third kappa shape index (κ3) is 2.21. The third-order valence-corrected chi connectivity index (χ3v) is 2.40. The summed E-state index contributed by atoms with van der Waals surface area (Å²) in [4.78, 5) is 15.9. The minimum atomic E-state index is -0.467. The molecule has 1 aromatic heterocycles. The quantitative estimate of drug-likeness (QED) is 0.562. The number of pyridine rings is 1. The zero-order chi connectivity index (χ0) is 10.7. The summed E-state index contributed by atoms with van der Waals surface area (Å²) in [6.45, 7) is 3.58. The molecule has 1 fully saturated rings. The van der Waals surface area contributed by atoms with Crippen LogP contribution in [-0.4, -0.2) is 36.1 Å². The maximum Gasteiger partial charge on any atom is 0.365 e. The summed E-state index contributed by atoms with van der Waals surface area (Å²) in [6.07, 6.45) is 1.48.